The monoisotopic (exact) mass is 910 g/mol. The van der Waals surface area contributed by atoms with E-state index >= 15 is 0 Å². The average Bonchev–Trinajstić information content (AvgIpc) is 3.66. The summed E-state index contributed by atoms with van der Waals surface area (Å²) in [6, 6.07) is 32.5. The van der Waals surface area contributed by atoms with Gasteiger partial charge in [-0.1, -0.05) is 81.0 Å². The van der Waals surface area contributed by atoms with Crippen LogP contribution in [0.25, 0.3) is 77.4 Å². The summed E-state index contributed by atoms with van der Waals surface area (Å²) in [7, 11) is 0. The van der Waals surface area contributed by atoms with Crippen LogP contribution in [0.2, 0.25) is 0 Å². The second-order valence-corrected chi connectivity index (χ2v) is 14.0. The Hall–Kier alpha value is -5.55. The van der Waals surface area contributed by atoms with Crippen molar-refractivity contribution in [3.8, 4) is 33.6 Å². The number of fused-ring (bicyclic) bond motifs is 6. The summed E-state index contributed by atoms with van der Waals surface area (Å²) in [5, 5.41) is 2.76. The minimum Gasteiger partial charge on any atom is -0.498 e. The van der Waals surface area contributed by atoms with Crippen LogP contribution in [0.3, 0.4) is 0 Å². The van der Waals surface area contributed by atoms with Crippen molar-refractivity contribution < 1.29 is 45.1 Å². The molecule has 5 aromatic heterocycles. The molecule has 0 unspecified atom stereocenters. The average molecular weight is 910 g/mol. The van der Waals surface area contributed by atoms with Crippen LogP contribution in [-0.2, 0) is 25.5 Å². The number of nitrogens with zero attached hydrogens (tertiary/aromatic N) is 4. The molecule has 0 aliphatic carbocycles. The predicted molar refractivity (Wildman–Crippen MR) is 223 cm³/mol. The normalized spacial score (nSPS) is 16.7. The van der Waals surface area contributed by atoms with E-state index in [0.29, 0.717) is 66.3 Å². The molecule has 5 heterocycles. The molecule has 9 rings (SSSR count). The molecule has 0 spiro atoms. The SMILES string of the molecule is [2H]C([2H])([2H])c1c[c-]c(-c2ccc(C([2H])([2H])[2H])cn2)cc1.[2H]C([2H])([2H])c1ccc2ccc3c4cc[c-]c(-c5cc(-c6cc7ccc(C(C)(C)C)nc7cc6C([2H])([2H])[2H])c(C([2H])([2H])[2H])cn5)c4oc3c2n1.[Ir]. The topological polar surface area (TPSA) is 64.7 Å². The first-order chi connectivity index (χ1) is 32.0. The Morgan fingerprint density at radius 1 is 0.636 bits per heavy atom. The third kappa shape index (κ3) is 7.45. The van der Waals surface area contributed by atoms with Gasteiger partial charge < -0.3 is 14.4 Å². The summed E-state index contributed by atoms with van der Waals surface area (Å²) in [4.78, 5) is 17.8. The van der Waals surface area contributed by atoms with Gasteiger partial charge in [-0.25, -0.2) is 4.98 Å². The van der Waals surface area contributed by atoms with Gasteiger partial charge in [-0.05, 0) is 90.9 Å². The van der Waals surface area contributed by atoms with E-state index in [0.717, 1.165) is 5.69 Å². The molecule has 55 heavy (non-hydrogen) atoms. The Labute approximate surface area is 357 Å². The predicted octanol–water partition coefficient (Wildman–Crippen LogP) is 12.6. The third-order valence-electron chi connectivity index (χ3n) is 9.16. The van der Waals surface area contributed by atoms with E-state index < -0.39 is 34.3 Å². The van der Waals surface area contributed by atoms with Gasteiger partial charge in [0.15, 0.2) is 0 Å². The fourth-order valence-corrected chi connectivity index (χ4v) is 6.34. The summed E-state index contributed by atoms with van der Waals surface area (Å²) < 4.78 is 124. The first-order valence-electron chi connectivity index (χ1n) is 24.6. The minimum absolute atomic E-state index is 0. The number of pyridine rings is 4. The van der Waals surface area contributed by atoms with Crippen molar-refractivity contribution in [3.05, 3.63) is 155 Å². The molecule has 4 aromatic carbocycles. The molecule has 0 atom stereocenters. The maximum atomic E-state index is 8.44. The van der Waals surface area contributed by atoms with E-state index in [-0.39, 0.29) is 64.6 Å². The largest absolute Gasteiger partial charge is 0.498 e. The smallest absolute Gasteiger partial charge is 0.147 e. The minimum atomic E-state index is -2.61. The van der Waals surface area contributed by atoms with Gasteiger partial charge >= 0.3 is 0 Å². The van der Waals surface area contributed by atoms with Gasteiger partial charge in [0.05, 0.1) is 11.1 Å². The summed E-state index contributed by atoms with van der Waals surface area (Å²) in [6.45, 7) is -5.89. The van der Waals surface area contributed by atoms with Crippen LogP contribution in [0.15, 0.2) is 114 Å². The second-order valence-electron chi connectivity index (χ2n) is 14.0. The zero-order valence-corrected chi connectivity index (χ0v) is 32.3. The van der Waals surface area contributed by atoms with Gasteiger partial charge in [-0.2, -0.15) is 0 Å². The molecule has 0 aliphatic heterocycles. The van der Waals surface area contributed by atoms with Crippen molar-refractivity contribution in [1.82, 2.24) is 19.9 Å². The van der Waals surface area contributed by atoms with E-state index in [2.05, 4.69) is 27.1 Å². The first-order valence-corrected chi connectivity index (χ1v) is 17.1. The van der Waals surface area contributed by atoms with Crippen molar-refractivity contribution in [2.75, 3.05) is 0 Å². The molecule has 6 heteroatoms. The van der Waals surface area contributed by atoms with Crippen LogP contribution < -0.4 is 0 Å². The van der Waals surface area contributed by atoms with Crippen LogP contribution in [-0.4, -0.2) is 19.9 Å². The fraction of sp³-hybridized carbons (Fsp3) is 0.184. The van der Waals surface area contributed by atoms with Gasteiger partial charge in [0, 0.05) is 86.0 Å². The molecular weight excluding hydrogens is 853 g/mol. The zero-order valence-electron chi connectivity index (χ0n) is 44.9. The van der Waals surface area contributed by atoms with Crippen molar-refractivity contribution >= 4 is 43.7 Å². The first kappa shape index (κ1) is 23.4. The maximum Gasteiger partial charge on any atom is 0.147 e. The van der Waals surface area contributed by atoms with Crippen molar-refractivity contribution in [2.45, 2.75) is 60.4 Å². The number of aryl methyl sites for hydroxylation is 5. The zero-order chi connectivity index (χ0) is 50.2. The molecule has 1 radical (unpaired) electrons. The van der Waals surface area contributed by atoms with E-state index in [4.69, 9.17) is 30.0 Å². The molecule has 0 N–H and O–H groups in total. The maximum absolute atomic E-state index is 8.44. The summed E-state index contributed by atoms with van der Waals surface area (Å²) in [6.07, 6.45) is 2.55. The summed E-state index contributed by atoms with van der Waals surface area (Å²) >= 11 is 0. The van der Waals surface area contributed by atoms with Crippen LogP contribution in [0.4, 0.5) is 0 Å². The molecule has 0 fully saturated rings. The fourth-order valence-electron chi connectivity index (χ4n) is 6.34. The molecule has 275 valence electrons. The van der Waals surface area contributed by atoms with Crippen LogP contribution in [0, 0.1) is 46.4 Å². The van der Waals surface area contributed by atoms with Gasteiger partial charge in [0.2, 0.25) is 0 Å². The Balaban J connectivity index is 0.000000289. The number of aromatic nitrogens is 4. The van der Waals surface area contributed by atoms with Crippen LogP contribution in [0.5, 0.6) is 0 Å². The van der Waals surface area contributed by atoms with Crippen LogP contribution in [0.1, 0.15) is 75.0 Å². The van der Waals surface area contributed by atoms with Gasteiger partial charge in [-0.15, -0.1) is 53.6 Å². The summed E-state index contributed by atoms with van der Waals surface area (Å²) in [5.74, 6) is 0. The van der Waals surface area contributed by atoms with Crippen molar-refractivity contribution in [3.63, 3.8) is 0 Å². The van der Waals surface area contributed by atoms with Gasteiger partial charge in [0.1, 0.15) is 11.1 Å². The Kier molecular flexibility index (Phi) is 6.35. The number of benzene rings is 4. The van der Waals surface area contributed by atoms with Crippen molar-refractivity contribution in [2.24, 2.45) is 0 Å². The number of furan rings is 1. The molecule has 0 saturated carbocycles. The molecule has 9 aromatic rings. The summed E-state index contributed by atoms with van der Waals surface area (Å²) in [5.41, 5.74) is 4.69. The van der Waals surface area contributed by atoms with Crippen molar-refractivity contribution in [1.29, 1.82) is 0 Å². The molecule has 0 bridgehead atoms. The van der Waals surface area contributed by atoms with E-state index in [1.165, 1.54) is 42.7 Å². The van der Waals surface area contributed by atoms with Gasteiger partial charge in [-0.3, -0.25) is 4.98 Å². The van der Waals surface area contributed by atoms with Gasteiger partial charge in [0.25, 0.3) is 0 Å². The molecule has 5 nitrogen and oxygen atoms in total. The molecule has 0 amide bonds. The third-order valence-corrected chi connectivity index (χ3v) is 9.16. The quantitative estimate of drug-likeness (QED) is 0.165. The molecule has 0 aliphatic rings. The molecular formula is C49H42IrN4O-2. The Morgan fingerprint density at radius 2 is 1.42 bits per heavy atom. The van der Waals surface area contributed by atoms with E-state index in [1.54, 1.807) is 36.4 Å². The van der Waals surface area contributed by atoms with Crippen LogP contribution >= 0.6 is 0 Å². The number of hydrogen-bond donors (Lipinski definition) is 0. The number of rotatable bonds is 3. The second kappa shape index (κ2) is 14.9. The van der Waals surface area contributed by atoms with E-state index in [1.807, 2.05) is 51.1 Å². The molecule has 0 saturated heterocycles. The Morgan fingerprint density at radius 3 is 2.16 bits per heavy atom. The van der Waals surface area contributed by atoms with E-state index in [9.17, 15) is 0 Å². The standard InChI is InChI=1S/C36H30N3O.C13H12N.Ir/c1-20-16-30-24(13-15-32(39-30)36(4,5)6)17-28(20)29-18-31(37-19-21(29)2)27-9-7-8-25-26-14-12-23-11-10-22(3)38-33(23)35(26)40-34(25)27;1-10-3-6-12(7-4-10)13-8-5-11(2)9-14-13;/h7-8,10-19H,1-6H3;3-6,8-9H,1-2H3;/q2*-1;/i1D3,2D3,3D3;1D3,2D3;. The number of hydrogen-bond acceptors (Lipinski definition) is 5. The Bertz CT molecular complexity index is 3350.